The van der Waals surface area contributed by atoms with Gasteiger partial charge in [0.15, 0.2) is 17.4 Å². The maximum absolute atomic E-state index is 7.57. The summed E-state index contributed by atoms with van der Waals surface area (Å²) in [4.78, 5) is 0. The van der Waals surface area contributed by atoms with Gasteiger partial charge in [-0.15, -0.1) is 0 Å². The minimum Gasteiger partial charge on any atom is -0.412 e. The van der Waals surface area contributed by atoms with E-state index >= 15 is 0 Å². The summed E-state index contributed by atoms with van der Waals surface area (Å²) in [5.74, 6) is 0. The predicted octanol–water partition coefficient (Wildman–Crippen LogP) is -1.90. The molecule has 0 spiro atoms. The molecular formula is C2H12AlO2+. The van der Waals surface area contributed by atoms with Gasteiger partial charge in [-0.05, 0) is 6.92 Å². The minimum absolute atomic E-state index is 0. The zero-order valence-corrected chi connectivity index (χ0v) is 2.65. The van der Waals surface area contributed by atoms with Crippen molar-refractivity contribution in [1.29, 1.82) is 0 Å². The van der Waals surface area contributed by atoms with Gasteiger partial charge in [-0.2, -0.15) is 0 Å². The first-order chi connectivity index (χ1) is 1.41. The van der Waals surface area contributed by atoms with E-state index < -0.39 is 0 Å². The number of aliphatic hydroxyl groups is 1. The molecule has 0 amide bonds. The van der Waals surface area contributed by atoms with Gasteiger partial charge in [0.25, 0.3) is 0 Å². The Kier molecular flexibility index (Phi) is 90.4. The second-order valence-corrected chi connectivity index (χ2v) is 0.316. The molecule has 3 N–H and O–H groups in total. The normalized spacial score (nSPS) is 3.60. The molecule has 0 aromatic heterocycles. The number of aliphatic hydroxyl groups excluding tert-OH is 1. The molecule has 0 bridgehead atoms. The van der Waals surface area contributed by atoms with E-state index in [-0.39, 0.29) is 30.9 Å². The van der Waals surface area contributed by atoms with E-state index in [0.717, 1.165) is 0 Å². The van der Waals surface area contributed by atoms with Crippen molar-refractivity contribution in [3.8, 4) is 0 Å². The van der Waals surface area contributed by atoms with E-state index in [0.29, 0.717) is 0 Å². The average Bonchev–Trinajstić information content (AvgIpc) is 0.918. The second-order valence-electron chi connectivity index (χ2n) is 0.316. The summed E-state index contributed by atoms with van der Waals surface area (Å²) in [5, 5.41) is 7.57. The van der Waals surface area contributed by atoms with Crippen molar-refractivity contribution in [2.75, 3.05) is 6.61 Å². The van der Waals surface area contributed by atoms with E-state index in [2.05, 4.69) is 0 Å². The van der Waals surface area contributed by atoms with Crippen molar-refractivity contribution in [3.05, 3.63) is 0 Å². The minimum atomic E-state index is 0. The van der Waals surface area contributed by atoms with Gasteiger partial charge >= 0.3 is 1.43 Å². The fourth-order valence-electron chi connectivity index (χ4n) is 0. The van der Waals surface area contributed by atoms with Gasteiger partial charge in [0.05, 0.1) is 0 Å². The molecule has 0 unspecified atom stereocenters. The topological polar surface area (TPSA) is 51.7 Å². The molecule has 34 valence electrons. The van der Waals surface area contributed by atoms with Crippen LogP contribution >= 0.6 is 0 Å². The van der Waals surface area contributed by atoms with Crippen LogP contribution in [0.5, 0.6) is 0 Å². The fraction of sp³-hybridized carbons (Fsp3) is 1.00. The lowest BCUT2D eigenvalue weighted by atomic mass is 10.9. The second kappa shape index (κ2) is 25.2. The zero-order valence-electron chi connectivity index (χ0n) is 3.65. The van der Waals surface area contributed by atoms with Crippen LogP contribution < -0.4 is 0 Å². The third kappa shape index (κ3) is 131. The summed E-state index contributed by atoms with van der Waals surface area (Å²) in [6.45, 7) is 1.93. The Morgan fingerprint density at radius 3 is 1.80 bits per heavy atom. The van der Waals surface area contributed by atoms with Gasteiger partial charge < -0.3 is 10.6 Å². The van der Waals surface area contributed by atoms with Crippen LogP contribution in [0.25, 0.3) is 0 Å². The Morgan fingerprint density at radius 1 is 1.80 bits per heavy atom. The van der Waals surface area contributed by atoms with Gasteiger partial charge in [-0.25, -0.2) is 0 Å². The van der Waals surface area contributed by atoms with Gasteiger partial charge in [-0.1, -0.05) is 0 Å². The summed E-state index contributed by atoms with van der Waals surface area (Å²) >= 11 is 0. The first kappa shape index (κ1) is 18.0. The Morgan fingerprint density at radius 2 is 1.80 bits per heavy atom. The molecule has 0 aromatic carbocycles. The number of hydrogen-bond acceptors (Lipinski definition) is 1. The van der Waals surface area contributed by atoms with Crippen molar-refractivity contribution in [2.45, 2.75) is 6.92 Å². The Hall–Kier alpha value is 0.452. The molecule has 2 nitrogen and oxygen atoms in total. The summed E-state index contributed by atoms with van der Waals surface area (Å²) in [6.07, 6.45) is 0. The van der Waals surface area contributed by atoms with E-state index in [1.165, 1.54) is 0 Å². The molecule has 0 aliphatic carbocycles. The molecule has 0 saturated carbocycles. The zero-order chi connectivity index (χ0) is 2.71. The van der Waals surface area contributed by atoms with Crippen molar-refractivity contribution in [1.82, 2.24) is 0 Å². The smallest absolute Gasteiger partial charge is 0.412 e. The summed E-state index contributed by atoms with van der Waals surface area (Å²) in [6, 6.07) is 0. The average molecular weight is 95.1 g/mol. The Balaban J connectivity index is -0.00000000667. The van der Waals surface area contributed by atoms with Crippen LogP contribution in [0.15, 0.2) is 0 Å². The van der Waals surface area contributed by atoms with Crippen LogP contribution in [0.1, 0.15) is 8.35 Å². The molecule has 0 aromatic rings. The van der Waals surface area contributed by atoms with Crippen LogP contribution in [0.3, 0.4) is 0 Å². The predicted molar refractivity (Wildman–Crippen MR) is 27.4 cm³/mol. The van der Waals surface area contributed by atoms with Gasteiger partial charge in [0.1, 0.15) is 0 Å². The highest BCUT2D eigenvalue weighted by Crippen LogP contribution is 1.30. The third-order valence-corrected chi connectivity index (χ3v) is 0. The largest absolute Gasteiger partial charge is 1.00 e. The van der Waals surface area contributed by atoms with E-state index in [4.69, 9.17) is 5.11 Å². The molecule has 0 aliphatic rings. The van der Waals surface area contributed by atoms with E-state index in [1.807, 2.05) is 0 Å². The molecule has 0 atom stereocenters. The van der Waals surface area contributed by atoms with E-state index in [9.17, 15) is 0 Å². The fourth-order valence-corrected chi connectivity index (χ4v) is 0. The highest BCUT2D eigenvalue weighted by atomic mass is 27.0. The van der Waals surface area contributed by atoms with Crippen LogP contribution in [0, 0.1) is 0 Å². The van der Waals surface area contributed by atoms with Crippen molar-refractivity contribution in [2.24, 2.45) is 0 Å². The quantitative estimate of drug-likeness (QED) is 0.351. The maximum atomic E-state index is 7.57. The van der Waals surface area contributed by atoms with Crippen LogP contribution in [-0.2, 0) is 0 Å². The molecule has 0 radical (unpaired) electrons. The van der Waals surface area contributed by atoms with Gasteiger partial charge in [0.2, 0.25) is 0 Å². The van der Waals surface area contributed by atoms with Gasteiger partial charge in [-0.3, -0.25) is 0 Å². The van der Waals surface area contributed by atoms with Crippen LogP contribution in [-0.4, -0.2) is 34.6 Å². The molecule has 5 heavy (non-hydrogen) atoms. The summed E-state index contributed by atoms with van der Waals surface area (Å²) in [5.41, 5.74) is 0. The van der Waals surface area contributed by atoms with Gasteiger partial charge in [0, 0.05) is 6.61 Å². The molecule has 0 heterocycles. The molecule has 0 saturated heterocycles. The third-order valence-electron chi connectivity index (χ3n) is 0. The van der Waals surface area contributed by atoms with Crippen molar-refractivity contribution >= 4 is 17.4 Å². The van der Waals surface area contributed by atoms with E-state index in [1.54, 1.807) is 6.92 Å². The first-order valence-corrected chi connectivity index (χ1v) is 1.02. The SMILES string of the molecule is CCO.O.[AlH3].[H+]. The number of rotatable bonds is 0. The highest BCUT2D eigenvalue weighted by molar-refractivity contribution is 5.75. The maximum Gasteiger partial charge on any atom is 1.00 e. The standard InChI is InChI=1S/C2H6O.Al.H2O.3H/c1-2-3;;;;;/h3H,2H2,1H3;;1H2;;;/p+1. The molecular weight excluding hydrogens is 83.0 g/mol. The lowest BCUT2D eigenvalue weighted by Gasteiger charge is -1.52. The number of hydrogen-bond donors (Lipinski definition) is 1. The molecule has 0 rings (SSSR count). The monoisotopic (exact) mass is 95.1 g/mol. The summed E-state index contributed by atoms with van der Waals surface area (Å²) in [7, 11) is 0. The highest BCUT2D eigenvalue weighted by Gasteiger charge is 1.34. The Labute approximate surface area is 43.7 Å². The van der Waals surface area contributed by atoms with Crippen molar-refractivity contribution < 1.29 is 12.0 Å². The Bertz CT molecular complexity index is 11.5. The molecule has 0 fully saturated rings. The van der Waals surface area contributed by atoms with Crippen LogP contribution in [0.4, 0.5) is 0 Å². The molecule has 3 heteroatoms. The lowest BCUT2D eigenvalue weighted by Crippen LogP contribution is -1.57. The van der Waals surface area contributed by atoms with Crippen LogP contribution in [0.2, 0.25) is 0 Å². The summed E-state index contributed by atoms with van der Waals surface area (Å²) < 4.78 is 0. The lowest BCUT2D eigenvalue weighted by molar-refractivity contribution is 0.318. The van der Waals surface area contributed by atoms with Crippen molar-refractivity contribution in [3.63, 3.8) is 0 Å². The first-order valence-electron chi connectivity index (χ1n) is 1.02. The molecule has 0 aliphatic heterocycles.